The van der Waals surface area contributed by atoms with Gasteiger partial charge in [0.1, 0.15) is 5.75 Å². The van der Waals surface area contributed by atoms with Crippen molar-refractivity contribution in [3.8, 4) is 5.75 Å². The van der Waals surface area contributed by atoms with E-state index in [1.54, 1.807) is 42.5 Å². The zero-order valence-corrected chi connectivity index (χ0v) is 13.2. The van der Waals surface area contributed by atoms with Crippen molar-refractivity contribution in [3.63, 3.8) is 0 Å². The van der Waals surface area contributed by atoms with Crippen molar-refractivity contribution in [3.05, 3.63) is 65.7 Å². The molecule has 0 aromatic heterocycles. The van der Waals surface area contributed by atoms with Crippen LogP contribution in [0.3, 0.4) is 0 Å². The number of esters is 1. The van der Waals surface area contributed by atoms with Crippen molar-refractivity contribution in [1.82, 2.24) is 0 Å². The van der Waals surface area contributed by atoms with Crippen molar-refractivity contribution in [1.29, 1.82) is 0 Å². The van der Waals surface area contributed by atoms with E-state index in [1.165, 1.54) is 6.07 Å². The molecule has 0 radical (unpaired) electrons. The van der Waals surface area contributed by atoms with Crippen LogP contribution >= 0.6 is 0 Å². The van der Waals surface area contributed by atoms with Gasteiger partial charge in [-0.15, -0.1) is 0 Å². The zero-order valence-electron chi connectivity index (χ0n) is 13.2. The summed E-state index contributed by atoms with van der Waals surface area (Å²) in [5.74, 6) is -3.35. The highest BCUT2D eigenvalue weighted by Crippen LogP contribution is 2.27. The molecule has 2 atom stereocenters. The fourth-order valence-electron chi connectivity index (χ4n) is 2.57. The van der Waals surface area contributed by atoms with Crippen LogP contribution in [-0.2, 0) is 16.0 Å². The quantitative estimate of drug-likeness (QED) is 0.391. The smallest absolute Gasteiger partial charge is 0.328 e. The Kier molecular flexibility index (Phi) is 4.70. The number of carboxylic acid groups (broad SMARTS) is 1. The molecular formula is C19H15NO5. The fourth-order valence-corrected chi connectivity index (χ4v) is 2.57. The van der Waals surface area contributed by atoms with Gasteiger partial charge in [0.25, 0.3) is 0 Å². The molecule has 6 nitrogen and oxygen atoms in total. The van der Waals surface area contributed by atoms with Crippen LogP contribution in [0.2, 0.25) is 0 Å². The Morgan fingerprint density at radius 1 is 1.12 bits per heavy atom. The van der Waals surface area contributed by atoms with Crippen molar-refractivity contribution < 1.29 is 24.2 Å². The van der Waals surface area contributed by atoms with Crippen LogP contribution in [0.25, 0.3) is 0 Å². The second-order valence-electron chi connectivity index (χ2n) is 5.60. The molecule has 1 N–H and O–H groups in total. The monoisotopic (exact) mass is 337 g/mol. The van der Waals surface area contributed by atoms with Crippen molar-refractivity contribution in [2.75, 3.05) is 0 Å². The van der Waals surface area contributed by atoms with Crippen molar-refractivity contribution in [2.24, 2.45) is 10.9 Å². The maximum atomic E-state index is 12.4. The zero-order chi connectivity index (χ0) is 17.8. The molecule has 1 aliphatic heterocycles. The number of Topliss-reactive ketones (excluding diaryl/α,β-unsaturated/α-hetero) is 1. The van der Waals surface area contributed by atoms with Crippen LogP contribution in [0.4, 0.5) is 0 Å². The number of fused-ring (bicyclic) bond motifs is 1. The Balaban J connectivity index is 1.80. The second kappa shape index (κ2) is 7.09. The molecule has 0 saturated heterocycles. The normalized spacial score (nSPS) is 17.8. The minimum Gasteiger partial charge on any atom is -0.480 e. The lowest BCUT2D eigenvalue weighted by Gasteiger charge is -2.19. The molecule has 126 valence electrons. The molecule has 0 aliphatic carbocycles. The maximum Gasteiger partial charge on any atom is 0.328 e. The molecule has 2 aromatic rings. The molecule has 0 bridgehead atoms. The molecular weight excluding hydrogens is 322 g/mol. The van der Waals surface area contributed by atoms with Gasteiger partial charge in [0, 0.05) is 12.6 Å². The highest BCUT2D eigenvalue weighted by atomic mass is 16.5. The number of rotatable bonds is 5. The third-order valence-electron chi connectivity index (χ3n) is 3.87. The van der Waals surface area contributed by atoms with E-state index >= 15 is 0 Å². The summed E-state index contributed by atoms with van der Waals surface area (Å²) >= 11 is 0. The number of ketones is 1. The van der Waals surface area contributed by atoms with E-state index in [9.17, 15) is 19.5 Å². The minimum absolute atomic E-state index is 0.166. The number of ether oxygens (including phenoxy) is 1. The predicted octanol–water partition coefficient (Wildman–Crippen LogP) is 2.17. The topological polar surface area (TPSA) is 93.0 Å². The third kappa shape index (κ3) is 3.63. The molecule has 0 spiro atoms. The van der Waals surface area contributed by atoms with Crippen LogP contribution in [0.1, 0.15) is 15.9 Å². The van der Waals surface area contributed by atoms with E-state index in [-0.39, 0.29) is 17.7 Å². The molecule has 6 heteroatoms. The van der Waals surface area contributed by atoms with E-state index in [1.807, 2.05) is 6.07 Å². The van der Waals surface area contributed by atoms with Gasteiger partial charge in [-0.1, -0.05) is 42.5 Å². The van der Waals surface area contributed by atoms with Gasteiger partial charge in [-0.2, -0.15) is 0 Å². The van der Waals surface area contributed by atoms with E-state index in [0.29, 0.717) is 0 Å². The number of hydrogen-bond donors (Lipinski definition) is 1. The van der Waals surface area contributed by atoms with Crippen LogP contribution < -0.4 is 4.74 Å². The first-order valence-corrected chi connectivity index (χ1v) is 7.71. The lowest BCUT2D eigenvalue weighted by Crippen LogP contribution is -2.35. The van der Waals surface area contributed by atoms with Crippen molar-refractivity contribution in [2.45, 2.75) is 12.5 Å². The third-order valence-corrected chi connectivity index (χ3v) is 3.87. The van der Waals surface area contributed by atoms with Gasteiger partial charge in [-0.05, 0) is 17.7 Å². The lowest BCUT2D eigenvalue weighted by molar-refractivity contribution is -0.139. The van der Waals surface area contributed by atoms with Crippen LogP contribution in [0.5, 0.6) is 5.75 Å². The summed E-state index contributed by atoms with van der Waals surface area (Å²) in [6.07, 6.45) is 1.25. The first-order valence-electron chi connectivity index (χ1n) is 7.71. The fraction of sp³-hybridized carbons (Fsp3) is 0.158. The highest BCUT2D eigenvalue weighted by Gasteiger charge is 2.35. The predicted molar refractivity (Wildman–Crippen MR) is 90.0 cm³/mol. The number of carbonyl (C=O) groups excluding carboxylic acids is 2. The van der Waals surface area contributed by atoms with Gasteiger partial charge in [0.2, 0.25) is 0 Å². The number of carboxylic acids is 1. The Morgan fingerprint density at radius 2 is 1.80 bits per heavy atom. The largest absolute Gasteiger partial charge is 0.480 e. The van der Waals surface area contributed by atoms with E-state index in [2.05, 4.69) is 4.99 Å². The standard InChI is InChI=1S/C19H15NO5/c21-17-13-8-4-5-9-16(13)25-19(24)14(17)11-20-15(18(22)23)10-12-6-2-1-3-7-12/h1-9,11,14-15H,10H2,(H,22,23)/t14?,15-/m1/s1. The molecule has 0 saturated carbocycles. The molecule has 25 heavy (non-hydrogen) atoms. The van der Waals surface area contributed by atoms with Gasteiger partial charge in [-0.25, -0.2) is 4.79 Å². The summed E-state index contributed by atoms with van der Waals surface area (Å²) in [5, 5.41) is 9.34. The molecule has 0 fully saturated rings. The average Bonchev–Trinajstić information content (AvgIpc) is 2.61. The highest BCUT2D eigenvalue weighted by molar-refractivity contribution is 6.22. The van der Waals surface area contributed by atoms with E-state index in [0.717, 1.165) is 11.8 Å². The number of nitrogens with zero attached hydrogens (tertiary/aromatic N) is 1. The Bertz CT molecular complexity index is 844. The molecule has 0 amide bonds. The van der Waals surface area contributed by atoms with E-state index in [4.69, 9.17) is 4.74 Å². The van der Waals surface area contributed by atoms with Gasteiger partial charge in [-0.3, -0.25) is 14.6 Å². The maximum absolute atomic E-state index is 12.4. The van der Waals surface area contributed by atoms with Crippen molar-refractivity contribution >= 4 is 23.9 Å². The van der Waals surface area contributed by atoms with Gasteiger partial charge in [0.05, 0.1) is 5.56 Å². The number of carbonyl (C=O) groups is 3. The summed E-state index contributed by atoms with van der Waals surface area (Å²) < 4.78 is 5.13. The number of aliphatic carboxylic acids is 1. The molecule has 2 aromatic carbocycles. The number of benzene rings is 2. The van der Waals surface area contributed by atoms with Crippen LogP contribution in [0.15, 0.2) is 59.6 Å². The summed E-state index contributed by atoms with van der Waals surface area (Å²) in [6.45, 7) is 0. The summed E-state index contributed by atoms with van der Waals surface area (Å²) in [6, 6.07) is 14.4. The lowest BCUT2D eigenvalue weighted by atomic mass is 9.95. The summed E-state index contributed by atoms with van der Waals surface area (Å²) in [4.78, 5) is 39.8. The Morgan fingerprint density at radius 3 is 2.52 bits per heavy atom. The van der Waals surface area contributed by atoms with E-state index < -0.39 is 29.7 Å². The molecule has 1 heterocycles. The van der Waals surface area contributed by atoms with Gasteiger partial charge >= 0.3 is 11.9 Å². The van der Waals surface area contributed by atoms with Crippen LogP contribution in [-0.4, -0.2) is 35.1 Å². The molecule has 1 aliphatic rings. The SMILES string of the molecule is O=C1Oc2ccccc2C(=O)C1C=N[C@H](Cc1ccccc1)C(=O)O. The Labute approximate surface area is 143 Å². The van der Waals surface area contributed by atoms with Gasteiger partial charge in [0.15, 0.2) is 17.7 Å². The average molecular weight is 337 g/mol. The summed E-state index contributed by atoms with van der Waals surface area (Å²) in [7, 11) is 0. The summed E-state index contributed by atoms with van der Waals surface area (Å²) in [5.41, 5.74) is 1.09. The Hall–Kier alpha value is -3.28. The first kappa shape index (κ1) is 16.6. The minimum atomic E-state index is -1.23. The van der Waals surface area contributed by atoms with Crippen LogP contribution in [0, 0.1) is 5.92 Å². The second-order valence-corrected chi connectivity index (χ2v) is 5.60. The molecule has 1 unspecified atom stereocenters. The first-order chi connectivity index (χ1) is 12.1. The number of hydrogen-bond acceptors (Lipinski definition) is 5. The van der Waals surface area contributed by atoms with Gasteiger partial charge < -0.3 is 9.84 Å². The number of aliphatic imine (C=N–C) groups is 1. The molecule has 3 rings (SSSR count). The number of para-hydroxylation sites is 1.